The van der Waals surface area contributed by atoms with Crippen LogP contribution in [0.2, 0.25) is 0 Å². The van der Waals surface area contributed by atoms with Crippen molar-refractivity contribution in [3.8, 4) is 0 Å². The Labute approximate surface area is 131 Å². The molecule has 2 aromatic rings. The van der Waals surface area contributed by atoms with Crippen LogP contribution in [-0.4, -0.2) is 21.9 Å². The molecule has 5 nitrogen and oxygen atoms in total. The van der Waals surface area contributed by atoms with Gasteiger partial charge in [-0.1, -0.05) is 6.07 Å². The molecule has 0 unspecified atom stereocenters. The zero-order chi connectivity index (χ0) is 14.8. The minimum atomic E-state index is -0.225. The lowest BCUT2D eigenvalue weighted by atomic mass is 10.2. The van der Waals surface area contributed by atoms with Crippen molar-refractivity contribution in [3.05, 3.63) is 46.2 Å². The molecule has 0 spiro atoms. The summed E-state index contributed by atoms with van der Waals surface area (Å²) in [6.45, 7) is 2.00. The summed E-state index contributed by atoms with van der Waals surface area (Å²) in [5.41, 5.74) is 2.29. The minimum absolute atomic E-state index is 0.225. The Balaban J connectivity index is 1.69. The van der Waals surface area contributed by atoms with Gasteiger partial charge in [-0.25, -0.2) is 9.97 Å². The highest BCUT2D eigenvalue weighted by molar-refractivity contribution is 9.10. The van der Waals surface area contributed by atoms with Crippen LogP contribution in [-0.2, 0) is 0 Å². The molecule has 3 rings (SSSR count). The number of halogens is 1. The molecule has 0 atom stereocenters. The maximum absolute atomic E-state index is 12.2. The summed E-state index contributed by atoms with van der Waals surface area (Å²) >= 11 is 3.44. The van der Waals surface area contributed by atoms with E-state index < -0.39 is 0 Å². The summed E-state index contributed by atoms with van der Waals surface area (Å²) in [6.07, 6.45) is 5.39. The van der Waals surface area contributed by atoms with Crippen LogP contribution >= 0.6 is 15.9 Å². The molecule has 1 aliphatic rings. The molecule has 108 valence electrons. The number of aromatic nitrogens is 2. The number of nitrogens with zero attached hydrogens (tertiary/aromatic N) is 2. The van der Waals surface area contributed by atoms with Crippen molar-refractivity contribution in [2.75, 3.05) is 10.6 Å². The molecule has 6 heteroatoms. The molecule has 0 radical (unpaired) electrons. The standard InChI is InChI=1S/C15H15BrN4O/c1-9-2-5-13(12(16)6-9)20-14(21)10-7-17-15(18-8-10)19-11-3-4-11/h2,5-8,11H,3-4H2,1H3,(H,20,21)(H,17,18,19). The molecular formula is C15H15BrN4O. The zero-order valence-electron chi connectivity index (χ0n) is 11.6. The van der Waals surface area contributed by atoms with Crippen molar-refractivity contribution in [1.29, 1.82) is 0 Å². The van der Waals surface area contributed by atoms with Gasteiger partial charge in [0, 0.05) is 22.9 Å². The first-order chi connectivity index (χ1) is 10.1. The van der Waals surface area contributed by atoms with E-state index in [-0.39, 0.29) is 5.91 Å². The number of hydrogen-bond donors (Lipinski definition) is 2. The Morgan fingerprint density at radius 1 is 1.29 bits per heavy atom. The number of carbonyl (C=O) groups is 1. The van der Waals surface area contributed by atoms with Crippen LogP contribution in [0.5, 0.6) is 0 Å². The van der Waals surface area contributed by atoms with Gasteiger partial charge in [0.05, 0.1) is 11.3 Å². The van der Waals surface area contributed by atoms with Gasteiger partial charge in [-0.15, -0.1) is 0 Å². The van der Waals surface area contributed by atoms with E-state index in [1.807, 2.05) is 25.1 Å². The number of anilines is 2. The Morgan fingerprint density at radius 3 is 2.62 bits per heavy atom. The lowest BCUT2D eigenvalue weighted by Crippen LogP contribution is -2.14. The highest BCUT2D eigenvalue weighted by Gasteiger charge is 2.21. The number of rotatable bonds is 4. The summed E-state index contributed by atoms with van der Waals surface area (Å²) in [5.74, 6) is 0.350. The van der Waals surface area contributed by atoms with Crippen LogP contribution in [0.4, 0.5) is 11.6 Å². The second-order valence-corrected chi connectivity index (χ2v) is 6.01. The summed E-state index contributed by atoms with van der Waals surface area (Å²) in [4.78, 5) is 20.5. The number of hydrogen-bond acceptors (Lipinski definition) is 4. The van der Waals surface area contributed by atoms with E-state index in [0.717, 1.165) is 28.6 Å². The molecular weight excluding hydrogens is 332 g/mol. The van der Waals surface area contributed by atoms with Crippen molar-refractivity contribution in [2.45, 2.75) is 25.8 Å². The average Bonchev–Trinajstić information content (AvgIpc) is 3.26. The van der Waals surface area contributed by atoms with E-state index in [1.165, 1.54) is 12.4 Å². The second-order valence-electron chi connectivity index (χ2n) is 5.15. The third kappa shape index (κ3) is 3.58. The van der Waals surface area contributed by atoms with E-state index in [2.05, 4.69) is 36.5 Å². The van der Waals surface area contributed by atoms with Crippen molar-refractivity contribution < 1.29 is 4.79 Å². The highest BCUT2D eigenvalue weighted by atomic mass is 79.9. The molecule has 1 fully saturated rings. The molecule has 1 saturated carbocycles. The van der Waals surface area contributed by atoms with Crippen LogP contribution < -0.4 is 10.6 Å². The van der Waals surface area contributed by atoms with Crippen molar-refractivity contribution in [2.24, 2.45) is 0 Å². The average molecular weight is 347 g/mol. The number of benzene rings is 1. The Bertz CT molecular complexity index is 668. The van der Waals surface area contributed by atoms with Gasteiger partial charge in [-0.2, -0.15) is 0 Å². The zero-order valence-corrected chi connectivity index (χ0v) is 13.1. The molecule has 1 aromatic carbocycles. The second kappa shape index (κ2) is 5.81. The van der Waals surface area contributed by atoms with Crippen molar-refractivity contribution >= 4 is 33.5 Å². The number of aryl methyl sites for hydroxylation is 1. The minimum Gasteiger partial charge on any atom is -0.351 e. The van der Waals surface area contributed by atoms with Gasteiger partial charge in [0.15, 0.2) is 0 Å². The van der Waals surface area contributed by atoms with E-state index in [0.29, 0.717) is 17.6 Å². The normalized spacial score (nSPS) is 13.8. The first kappa shape index (κ1) is 14.0. The molecule has 21 heavy (non-hydrogen) atoms. The van der Waals surface area contributed by atoms with Gasteiger partial charge < -0.3 is 10.6 Å². The largest absolute Gasteiger partial charge is 0.351 e. The summed E-state index contributed by atoms with van der Waals surface area (Å²) in [6, 6.07) is 6.25. The fourth-order valence-corrected chi connectivity index (χ4v) is 2.44. The Morgan fingerprint density at radius 2 is 2.00 bits per heavy atom. The van der Waals surface area contributed by atoms with Gasteiger partial charge in [-0.3, -0.25) is 4.79 Å². The molecule has 1 heterocycles. The Kier molecular flexibility index (Phi) is 3.88. The maximum Gasteiger partial charge on any atom is 0.258 e. The third-order valence-electron chi connectivity index (χ3n) is 3.20. The first-order valence-corrected chi connectivity index (χ1v) is 7.57. The predicted octanol–water partition coefficient (Wildman–Crippen LogP) is 3.37. The SMILES string of the molecule is Cc1ccc(NC(=O)c2cnc(NC3CC3)nc2)c(Br)c1. The molecule has 1 aliphatic carbocycles. The molecule has 0 saturated heterocycles. The van der Waals surface area contributed by atoms with E-state index in [1.54, 1.807) is 0 Å². The topological polar surface area (TPSA) is 66.9 Å². The maximum atomic E-state index is 12.2. The number of amides is 1. The molecule has 0 bridgehead atoms. The molecule has 1 aromatic heterocycles. The van der Waals surface area contributed by atoms with Crippen LogP contribution in [0.3, 0.4) is 0 Å². The predicted molar refractivity (Wildman–Crippen MR) is 85.5 cm³/mol. The highest BCUT2D eigenvalue weighted by Crippen LogP contribution is 2.24. The Hall–Kier alpha value is -1.95. The summed E-state index contributed by atoms with van der Waals surface area (Å²) in [5, 5.41) is 6.03. The van der Waals surface area contributed by atoms with Gasteiger partial charge >= 0.3 is 0 Å². The van der Waals surface area contributed by atoms with Gasteiger partial charge in [0.1, 0.15) is 0 Å². The van der Waals surface area contributed by atoms with Crippen LogP contribution in [0.1, 0.15) is 28.8 Å². The smallest absolute Gasteiger partial charge is 0.258 e. The first-order valence-electron chi connectivity index (χ1n) is 6.78. The van der Waals surface area contributed by atoms with Crippen LogP contribution in [0, 0.1) is 6.92 Å². The van der Waals surface area contributed by atoms with E-state index >= 15 is 0 Å². The lowest BCUT2D eigenvalue weighted by Gasteiger charge is -2.08. The van der Waals surface area contributed by atoms with Gasteiger partial charge in [-0.05, 0) is 53.4 Å². The van der Waals surface area contributed by atoms with E-state index in [4.69, 9.17) is 0 Å². The van der Waals surface area contributed by atoms with Crippen LogP contribution in [0.25, 0.3) is 0 Å². The van der Waals surface area contributed by atoms with Gasteiger partial charge in [0.25, 0.3) is 5.91 Å². The van der Waals surface area contributed by atoms with Gasteiger partial charge in [0.2, 0.25) is 5.95 Å². The van der Waals surface area contributed by atoms with Crippen LogP contribution in [0.15, 0.2) is 35.1 Å². The van der Waals surface area contributed by atoms with Crippen molar-refractivity contribution in [3.63, 3.8) is 0 Å². The fraction of sp³-hybridized carbons (Fsp3) is 0.267. The number of nitrogens with one attached hydrogen (secondary N) is 2. The lowest BCUT2D eigenvalue weighted by molar-refractivity contribution is 0.102. The quantitative estimate of drug-likeness (QED) is 0.890. The molecule has 0 aliphatic heterocycles. The third-order valence-corrected chi connectivity index (χ3v) is 3.85. The number of carbonyl (C=O) groups excluding carboxylic acids is 1. The molecule has 2 N–H and O–H groups in total. The molecule has 1 amide bonds. The fourth-order valence-electron chi connectivity index (χ4n) is 1.85. The monoisotopic (exact) mass is 346 g/mol. The summed E-state index contributed by atoms with van der Waals surface area (Å²) < 4.78 is 0.851. The van der Waals surface area contributed by atoms with Crippen molar-refractivity contribution in [1.82, 2.24) is 9.97 Å². The van der Waals surface area contributed by atoms with E-state index in [9.17, 15) is 4.79 Å². The summed E-state index contributed by atoms with van der Waals surface area (Å²) in [7, 11) is 0.